The Bertz CT molecular complexity index is 596. The van der Waals surface area contributed by atoms with Gasteiger partial charge in [0.2, 0.25) is 0 Å². The quantitative estimate of drug-likeness (QED) is 0.804. The number of rotatable bonds is 5. The Balaban J connectivity index is 2.33. The number of halogens is 1. The third-order valence-electron chi connectivity index (χ3n) is 3.95. The topological polar surface area (TPSA) is 12.0 Å². The first-order valence-electron chi connectivity index (χ1n) is 7.56. The summed E-state index contributed by atoms with van der Waals surface area (Å²) in [6, 6.07) is 13.0. The lowest BCUT2D eigenvalue weighted by molar-refractivity contribution is 0.547. The van der Waals surface area contributed by atoms with Gasteiger partial charge in [0.05, 0.1) is 0 Å². The van der Waals surface area contributed by atoms with E-state index in [4.69, 9.17) is 11.6 Å². The molecule has 0 aliphatic rings. The average molecular weight is 302 g/mol. The second-order valence-electron chi connectivity index (χ2n) is 5.75. The summed E-state index contributed by atoms with van der Waals surface area (Å²) in [5, 5.41) is 4.38. The van der Waals surface area contributed by atoms with Gasteiger partial charge in [-0.3, -0.25) is 0 Å². The van der Waals surface area contributed by atoms with Crippen LogP contribution in [0.25, 0.3) is 0 Å². The van der Waals surface area contributed by atoms with Crippen LogP contribution in [-0.4, -0.2) is 6.54 Å². The molecular formula is C19H24ClN. The number of likely N-dealkylation sites (N-methyl/N-ethyl adjacent to an activating group) is 1. The predicted octanol–water partition coefficient (Wildman–Crippen LogP) is 5.16. The molecular weight excluding hydrogens is 278 g/mol. The molecule has 1 atom stereocenters. The van der Waals surface area contributed by atoms with Crippen molar-refractivity contribution >= 4 is 11.6 Å². The first kappa shape index (κ1) is 16.1. The van der Waals surface area contributed by atoms with Gasteiger partial charge in [0.1, 0.15) is 0 Å². The SMILES string of the molecule is CCNC(Cc1c(C)cc(C)cc1C)c1cccc(Cl)c1. The summed E-state index contributed by atoms with van der Waals surface area (Å²) in [6.45, 7) is 9.66. The molecule has 1 nitrogen and oxygen atoms in total. The maximum absolute atomic E-state index is 6.15. The fraction of sp³-hybridized carbons (Fsp3) is 0.368. The zero-order chi connectivity index (χ0) is 15.4. The molecule has 2 aromatic carbocycles. The highest BCUT2D eigenvalue weighted by Gasteiger charge is 2.14. The van der Waals surface area contributed by atoms with Gasteiger partial charge >= 0.3 is 0 Å². The third-order valence-corrected chi connectivity index (χ3v) is 4.19. The van der Waals surface area contributed by atoms with Crippen LogP contribution >= 0.6 is 11.6 Å². The fourth-order valence-corrected chi connectivity index (χ4v) is 3.21. The summed E-state index contributed by atoms with van der Waals surface area (Å²) in [4.78, 5) is 0. The van der Waals surface area contributed by atoms with Crippen molar-refractivity contribution < 1.29 is 0 Å². The van der Waals surface area contributed by atoms with Crippen molar-refractivity contribution in [3.05, 3.63) is 69.2 Å². The molecule has 0 aromatic heterocycles. The fourth-order valence-electron chi connectivity index (χ4n) is 3.01. The molecule has 0 saturated carbocycles. The van der Waals surface area contributed by atoms with Gasteiger partial charge in [-0.15, -0.1) is 0 Å². The van der Waals surface area contributed by atoms with Crippen molar-refractivity contribution in [2.24, 2.45) is 0 Å². The molecule has 0 radical (unpaired) electrons. The van der Waals surface area contributed by atoms with Crippen molar-refractivity contribution in [2.45, 2.75) is 40.2 Å². The maximum Gasteiger partial charge on any atom is 0.0409 e. The standard InChI is InChI=1S/C19H24ClN/c1-5-21-19(16-7-6-8-17(20)11-16)12-18-14(3)9-13(2)10-15(18)4/h6-11,19,21H,5,12H2,1-4H3. The number of aryl methyl sites for hydroxylation is 3. The van der Waals surface area contributed by atoms with Crippen LogP contribution in [0.3, 0.4) is 0 Å². The monoisotopic (exact) mass is 301 g/mol. The van der Waals surface area contributed by atoms with Gasteiger partial charge in [0.25, 0.3) is 0 Å². The Hall–Kier alpha value is -1.31. The van der Waals surface area contributed by atoms with E-state index >= 15 is 0 Å². The molecule has 0 aliphatic carbocycles. The van der Waals surface area contributed by atoms with E-state index in [2.05, 4.69) is 57.3 Å². The van der Waals surface area contributed by atoms with Crippen molar-refractivity contribution in [3.8, 4) is 0 Å². The molecule has 0 spiro atoms. The zero-order valence-corrected chi connectivity index (χ0v) is 14.1. The molecule has 2 rings (SSSR count). The number of nitrogens with one attached hydrogen (secondary N) is 1. The van der Waals surface area contributed by atoms with E-state index in [9.17, 15) is 0 Å². The molecule has 2 heteroatoms. The van der Waals surface area contributed by atoms with Crippen LogP contribution < -0.4 is 5.32 Å². The van der Waals surface area contributed by atoms with Crippen molar-refractivity contribution in [1.82, 2.24) is 5.32 Å². The molecule has 0 fully saturated rings. The van der Waals surface area contributed by atoms with Crippen LogP contribution in [0.4, 0.5) is 0 Å². The van der Waals surface area contributed by atoms with Crippen LogP contribution in [0.5, 0.6) is 0 Å². The highest BCUT2D eigenvalue weighted by molar-refractivity contribution is 6.30. The molecule has 0 amide bonds. The van der Waals surface area contributed by atoms with Crippen LogP contribution in [0.15, 0.2) is 36.4 Å². The van der Waals surface area contributed by atoms with E-state index in [-0.39, 0.29) is 0 Å². The Labute approximate surface area is 133 Å². The van der Waals surface area contributed by atoms with E-state index in [1.54, 1.807) is 0 Å². The summed E-state index contributed by atoms with van der Waals surface area (Å²) in [5.41, 5.74) is 6.77. The van der Waals surface area contributed by atoms with E-state index in [0.717, 1.165) is 18.0 Å². The summed E-state index contributed by atoms with van der Waals surface area (Å²) in [5.74, 6) is 0. The van der Waals surface area contributed by atoms with Crippen molar-refractivity contribution in [1.29, 1.82) is 0 Å². The molecule has 21 heavy (non-hydrogen) atoms. The highest BCUT2D eigenvalue weighted by atomic mass is 35.5. The highest BCUT2D eigenvalue weighted by Crippen LogP contribution is 2.25. The molecule has 112 valence electrons. The normalized spacial score (nSPS) is 12.4. The maximum atomic E-state index is 6.15. The minimum Gasteiger partial charge on any atom is -0.310 e. The van der Waals surface area contributed by atoms with E-state index in [1.807, 2.05) is 12.1 Å². The molecule has 1 N–H and O–H groups in total. The molecule has 1 unspecified atom stereocenters. The third kappa shape index (κ3) is 4.09. The predicted molar refractivity (Wildman–Crippen MR) is 92.2 cm³/mol. The molecule has 0 heterocycles. The average Bonchev–Trinajstić information content (AvgIpc) is 2.41. The lowest BCUT2D eigenvalue weighted by Crippen LogP contribution is -2.23. The lowest BCUT2D eigenvalue weighted by atomic mass is 9.91. The summed E-state index contributed by atoms with van der Waals surface area (Å²) < 4.78 is 0. The minimum atomic E-state index is 0.300. The number of hydrogen-bond donors (Lipinski definition) is 1. The Morgan fingerprint density at radius 2 is 1.71 bits per heavy atom. The van der Waals surface area contributed by atoms with Gasteiger partial charge in [0.15, 0.2) is 0 Å². The van der Waals surface area contributed by atoms with E-state index < -0.39 is 0 Å². The summed E-state index contributed by atoms with van der Waals surface area (Å²) >= 11 is 6.15. The second-order valence-corrected chi connectivity index (χ2v) is 6.18. The summed E-state index contributed by atoms with van der Waals surface area (Å²) in [6.07, 6.45) is 0.992. The van der Waals surface area contributed by atoms with Crippen LogP contribution in [0, 0.1) is 20.8 Å². The van der Waals surface area contributed by atoms with Crippen LogP contribution in [-0.2, 0) is 6.42 Å². The zero-order valence-electron chi connectivity index (χ0n) is 13.3. The molecule has 0 bridgehead atoms. The van der Waals surface area contributed by atoms with Gasteiger partial charge in [0, 0.05) is 11.1 Å². The van der Waals surface area contributed by atoms with Gasteiger partial charge in [-0.1, -0.05) is 48.4 Å². The van der Waals surface area contributed by atoms with Gasteiger partial charge in [-0.25, -0.2) is 0 Å². The van der Waals surface area contributed by atoms with Gasteiger partial charge in [-0.05, 0) is 68.1 Å². The number of benzene rings is 2. The van der Waals surface area contributed by atoms with Gasteiger partial charge in [-0.2, -0.15) is 0 Å². The first-order valence-corrected chi connectivity index (χ1v) is 7.94. The summed E-state index contributed by atoms with van der Waals surface area (Å²) in [7, 11) is 0. The van der Waals surface area contributed by atoms with Gasteiger partial charge < -0.3 is 5.32 Å². The Kier molecular flexibility index (Phi) is 5.44. The lowest BCUT2D eigenvalue weighted by Gasteiger charge is -2.21. The largest absolute Gasteiger partial charge is 0.310 e. The van der Waals surface area contributed by atoms with E-state index in [1.165, 1.54) is 27.8 Å². The van der Waals surface area contributed by atoms with Crippen molar-refractivity contribution in [2.75, 3.05) is 6.54 Å². The molecule has 2 aromatic rings. The Morgan fingerprint density at radius 3 is 2.29 bits per heavy atom. The van der Waals surface area contributed by atoms with E-state index in [0.29, 0.717) is 6.04 Å². The van der Waals surface area contributed by atoms with Crippen molar-refractivity contribution in [3.63, 3.8) is 0 Å². The van der Waals surface area contributed by atoms with Crippen LogP contribution in [0.2, 0.25) is 5.02 Å². The molecule has 0 aliphatic heterocycles. The second kappa shape index (κ2) is 7.11. The van der Waals surface area contributed by atoms with Crippen LogP contribution in [0.1, 0.15) is 40.8 Å². The minimum absolute atomic E-state index is 0.300. The number of hydrogen-bond acceptors (Lipinski definition) is 1. The Morgan fingerprint density at radius 1 is 1.05 bits per heavy atom. The smallest absolute Gasteiger partial charge is 0.0409 e. The first-order chi connectivity index (χ1) is 10.0. The molecule has 0 saturated heterocycles.